The van der Waals surface area contributed by atoms with Crippen molar-refractivity contribution in [3.8, 4) is 11.4 Å². The van der Waals surface area contributed by atoms with Crippen molar-refractivity contribution in [3.05, 3.63) is 30.1 Å². The Morgan fingerprint density at radius 1 is 1.24 bits per heavy atom. The SMILES string of the molecule is Nc1ccc(-c2nnc3n2CCC(O)C3)cc1. The fourth-order valence-corrected chi connectivity index (χ4v) is 2.16. The van der Waals surface area contributed by atoms with Gasteiger partial charge >= 0.3 is 0 Å². The molecule has 17 heavy (non-hydrogen) atoms. The van der Waals surface area contributed by atoms with Crippen molar-refractivity contribution in [2.24, 2.45) is 0 Å². The van der Waals surface area contributed by atoms with E-state index in [1.807, 2.05) is 24.3 Å². The van der Waals surface area contributed by atoms with Crippen molar-refractivity contribution < 1.29 is 5.11 Å². The number of aliphatic hydroxyl groups excluding tert-OH is 1. The van der Waals surface area contributed by atoms with Gasteiger partial charge in [-0.25, -0.2) is 0 Å². The van der Waals surface area contributed by atoms with Crippen molar-refractivity contribution in [1.82, 2.24) is 14.8 Å². The van der Waals surface area contributed by atoms with E-state index in [0.717, 1.165) is 35.9 Å². The van der Waals surface area contributed by atoms with Gasteiger partial charge in [0.2, 0.25) is 0 Å². The van der Waals surface area contributed by atoms with Gasteiger partial charge in [-0.05, 0) is 30.7 Å². The van der Waals surface area contributed by atoms with Crippen LogP contribution in [0.4, 0.5) is 5.69 Å². The van der Waals surface area contributed by atoms with Gasteiger partial charge in [0, 0.05) is 24.2 Å². The number of hydrogen-bond acceptors (Lipinski definition) is 4. The summed E-state index contributed by atoms with van der Waals surface area (Å²) in [6.07, 6.45) is 1.06. The highest BCUT2D eigenvalue weighted by Gasteiger charge is 2.21. The predicted molar refractivity (Wildman–Crippen MR) is 64.2 cm³/mol. The summed E-state index contributed by atoms with van der Waals surface area (Å²) < 4.78 is 2.07. The Morgan fingerprint density at radius 2 is 2.00 bits per heavy atom. The molecule has 2 aromatic rings. The zero-order valence-corrected chi connectivity index (χ0v) is 9.37. The van der Waals surface area contributed by atoms with Gasteiger partial charge in [0.05, 0.1) is 6.10 Å². The number of rotatable bonds is 1. The molecule has 1 aliphatic heterocycles. The molecule has 0 aliphatic carbocycles. The number of aromatic nitrogens is 3. The fourth-order valence-electron chi connectivity index (χ4n) is 2.16. The third kappa shape index (κ3) is 1.78. The van der Waals surface area contributed by atoms with E-state index in [1.165, 1.54) is 0 Å². The second-order valence-corrected chi connectivity index (χ2v) is 4.36. The number of hydrogen-bond donors (Lipinski definition) is 2. The zero-order valence-electron chi connectivity index (χ0n) is 9.37. The molecule has 0 spiro atoms. The van der Waals surface area contributed by atoms with Crippen LogP contribution >= 0.6 is 0 Å². The zero-order chi connectivity index (χ0) is 11.8. The molecule has 1 unspecified atom stereocenters. The van der Waals surface area contributed by atoms with Crippen LogP contribution in [0.3, 0.4) is 0 Å². The van der Waals surface area contributed by atoms with E-state index in [2.05, 4.69) is 14.8 Å². The van der Waals surface area contributed by atoms with Crippen molar-refractivity contribution in [3.63, 3.8) is 0 Å². The molecule has 88 valence electrons. The Hall–Kier alpha value is -1.88. The molecule has 0 bridgehead atoms. The average Bonchev–Trinajstić information content (AvgIpc) is 2.73. The highest BCUT2D eigenvalue weighted by atomic mass is 16.3. The lowest BCUT2D eigenvalue weighted by molar-refractivity contribution is 0.142. The van der Waals surface area contributed by atoms with E-state index in [4.69, 9.17) is 5.73 Å². The van der Waals surface area contributed by atoms with Gasteiger partial charge in [0.1, 0.15) is 5.82 Å². The highest BCUT2D eigenvalue weighted by molar-refractivity contribution is 5.59. The topological polar surface area (TPSA) is 77.0 Å². The molecular formula is C12H14N4O. The van der Waals surface area contributed by atoms with Gasteiger partial charge in [0.15, 0.2) is 5.82 Å². The highest BCUT2D eigenvalue weighted by Crippen LogP contribution is 2.23. The molecule has 1 atom stereocenters. The number of aliphatic hydroxyl groups is 1. The summed E-state index contributed by atoms with van der Waals surface area (Å²) in [4.78, 5) is 0. The minimum atomic E-state index is -0.286. The number of anilines is 1. The summed E-state index contributed by atoms with van der Waals surface area (Å²) >= 11 is 0. The molecule has 0 radical (unpaired) electrons. The van der Waals surface area contributed by atoms with Crippen LogP contribution < -0.4 is 5.73 Å². The number of nitrogen functional groups attached to an aromatic ring is 1. The smallest absolute Gasteiger partial charge is 0.163 e. The fraction of sp³-hybridized carbons (Fsp3) is 0.333. The maximum absolute atomic E-state index is 9.57. The Morgan fingerprint density at radius 3 is 2.76 bits per heavy atom. The molecule has 0 fully saturated rings. The second-order valence-electron chi connectivity index (χ2n) is 4.36. The minimum Gasteiger partial charge on any atom is -0.399 e. The van der Waals surface area contributed by atoms with E-state index in [0.29, 0.717) is 6.42 Å². The van der Waals surface area contributed by atoms with Crippen LogP contribution in [0.2, 0.25) is 0 Å². The van der Waals surface area contributed by atoms with Gasteiger partial charge in [-0.3, -0.25) is 0 Å². The van der Waals surface area contributed by atoms with Crippen LogP contribution in [0.1, 0.15) is 12.2 Å². The normalized spacial score (nSPS) is 19.0. The van der Waals surface area contributed by atoms with Gasteiger partial charge in [0.25, 0.3) is 0 Å². The Labute approximate surface area is 98.9 Å². The van der Waals surface area contributed by atoms with Crippen LogP contribution in [-0.4, -0.2) is 26.0 Å². The van der Waals surface area contributed by atoms with Gasteiger partial charge in [-0.2, -0.15) is 0 Å². The molecule has 3 N–H and O–H groups in total. The molecule has 1 aliphatic rings. The molecule has 0 saturated carbocycles. The molecule has 5 nitrogen and oxygen atoms in total. The minimum absolute atomic E-state index is 0.286. The van der Waals surface area contributed by atoms with Gasteiger partial charge < -0.3 is 15.4 Å². The molecule has 5 heteroatoms. The lowest BCUT2D eigenvalue weighted by atomic mass is 10.1. The van der Waals surface area contributed by atoms with Crippen LogP contribution in [0, 0.1) is 0 Å². The monoisotopic (exact) mass is 230 g/mol. The van der Waals surface area contributed by atoms with E-state index >= 15 is 0 Å². The van der Waals surface area contributed by atoms with E-state index in [-0.39, 0.29) is 6.10 Å². The maximum Gasteiger partial charge on any atom is 0.163 e. The van der Waals surface area contributed by atoms with Crippen LogP contribution in [-0.2, 0) is 13.0 Å². The van der Waals surface area contributed by atoms with Crippen molar-refractivity contribution in [1.29, 1.82) is 0 Å². The summed E-state index contributed by atoms with van der Waals surface area (Å²) in [7, 11) is 0. The van der Waals surface area contributed by atoms with E-state index in [9.17, 15) is 5.11 Å². The summed E-state index contributed by atoms with van der Waals surface area (Å²) in [6.45, 7) is 0.767. The van der Waals surface area contributed by atoms with Gasteiger partial charge in [-0.1, -0.05) is 0 Å². The largest absolute Gasteiger partial charge is 0.399 e. The number of benzene rings is 1. The van der Waals surface area contributed by atoms with Crippen molar-refractivity contribution in [2.75, 3.05) is 5.73 Å². The van der Waals surface area contributed by atoms with Crippen molar-refractivity contribution >= 4 is 5.69 Å². The summed E-state index contributed by atoms with van der Waals surface area (Å²) in [5.41, 5.74) is 7.41. The first kappa shape index (κ1) is 10.3. The third-order valence-corrected chi connectivity index (χ3v) is 3.10. The molecule has 3 rings (SSSR count). The van der Waals surface area contributed by atoms with Crippen molar-refractivity contribution in [2.45, 2.75) is 25.5 Å². The number of nitrogens with two attached hydrogens (primary N) is 1. The maximum atomic E-state index is 9.57. The molecule has 1 aromatic heterocycles. The van der Waals surface area contributed by atoms with E-state index < -0.39 is 0 Å². The predicted octanol–water partition coefficient (Wildman–Crippen LogP) is 0.834. The quantitative estimate of drug-likeness (QED) is 0.711. The summed E-state index contributed by atoms with van der Waals surface area (Å²) in [6, 6.07) is 7.60. The van der Waals surface area contributed by atoms with E-state index in [1.54, 1.807) is 0 Å². The standard InChI is InChI=1S/C12H14N4O/c13-9-3-1-8(2-4-9)12-15-14-11-7-10(17)5-6-16(11)12/h1-4,10,17H,5-7,13H2. The Bertz CT molecular complexity index is 532. The van der Waals surface area contributed by atoms with Gasteiger partial charge in [-0.15, -0.1) is 10.2 Å². The molecule has 0 saturated heterocycles. The summed E-state index contributed by atoms with van der Waals surface area (Å²) in [5, 5.41) is 17.9. The molecule has 2 heterocycles. The summed E-state index contributed by atoms with van der Waals surface area (Å²) in [5.74, 6) is 1.71. The lowest BCUT2D eigenvalue weighted by Crippen LogP contribution is -2.23. The second kappa shape index (κ2) is 3.85. The van der Waals surface area contributed by atoms with Crippen LogP contribution in [0.15, 0.2) is 24.3 Å². The first-order valence-corrected chi connectivity index (χ1v) is 5.70. The number of fused-ring (bicyclic) bond motifs is 1. The Kier molecular flexibility index (Phi) is 2.33. The lowest BCUT2D eigenvalue weighted by Gasteiger charge is -2.19. The molecular weight excluding hydrogens is 216 g/mol. The first-order valence-electron chi connectivity index (χ1n) is 5.70. The third-order valence-electron chi connectivity index (χ3n) is 3.10. The average molecular weight is 230 g/mol. The Balaban J connectivity index is 2.02. The first-order chi connectivity index (χ1) is 8.24. The molecule has 1 aromatic carbocycles. The van der Waals surface area contributed by atoms with Crippen LogP contribution in [0.5, 0.6) is 0 Å². The number of nitrogens with zero attached hydrogens (tertiary/aromatic N) is 3. The van der Waals surface area contributed by atoms with Crippen LogP contribution in [0.25, 0.3) is 11.4 Å². The molecule has 0 amide bonds.